The van der Waals surface area contributed by atoms with Crippen LogP contribution in [0.3, 0.4) is 0 Å². The summed E-state index contributed by atoms with van der Waals surface area (Å²) >= 11 is 1.55. The van der Waals surface area contributed by atoms with Gasteiger partial charge in [-0.05, 0) is 36.1 Å². The molecule has 0 aliphatic heterocycles. The summed E-state index contributed by atoms with van der Waals surface area (Å²) in [6, 6.07) is 1.93. The average Bonchev–Trinajstić information content (AvgIpc) is 3.39. The highest BCUT2D eigenvalue weighted by atomic mass is 32.1. The van der Waals surface area contributed by atoms with Crippen LogP contribution in [-0.2, 0) is 24.8 Å². The minimum Gasteiger partial charge on any atom is -0.461 e. The maximum Gasteiger partial charge on any atom is 0.372 e. The number of ether oxygens (including phenoxy) is 3. The van der Waals surface area contributed by atoms with Crippen molar-refractivity contribution in [3.63, 3.8) is 0 Å². The van der Waals surface area contributed by atoms with Crippen LogP contribution in [-0.4, -0.2) is 25.8 Å². The first-order valence-corrected chi connectivity index (χ1v) is 15.1. The Kier molecular flexibility index (Phi) is 19.6. The van der Waals surface area contributed by atoms with Crippen LogP contribution in [0.1, 0.15) is 135 Å². The van der Waals surface area contributed by atoms with E-state index < -0.39 is 11.8 Å². The normalized spacial score (nSPS) is 11.7. The van der Waals surface area contributed by atoms with Crippen molar-refractivity contribution in [3.8, 4) is 0 Å². The molecule has 0 fully saturated rings. The van der Waals surface area contributed by atoms with Crippen LogP contribution >= 0.6 is 11.3 Å². The third kappa shape index (κ3) is 13.3. The fourth-order valence-electron chi connectivity index (χ4n) is 4.09. The second-order valence-electron chi connectivity index (χ2n) is 9.41. The van der Waals surface area contributed by atoms with Gasteiger partial charge < -0.3 is 14.2 Å². The Morgan fingerprint density at radius 1 is 0.676 bits per heavy atom. The summed E-state index contributed by atoms with van der Waals surface area (Å²) < 4.78 is 18.1. The van der Waals surface area contributed by atoms with Crippen LogP contribution in [0, 0.1) is 0 Å². The van der Waals surface area contributed by atoms with Gasteiger partial charge in [-0.15, -0.1) is 0 Å². The summed E-state index contributed by atoms with van der Waals surface area (Å²) in [5.74, 6) is -1.84. The van der Waals surface area contributed by atoms with Crippen molar-refractivity contribution in [2.45, 2.75) is 136 Å². The maximum atomic E-state index is 13.2. The molecule has 198 valence electrons. The first kappa shape index (κ1) is 31.1. The van der Waals surface area contributed by atoms with E-state index in [1.54, 1.807) is 11.3 Å². The third-order valence-corrected chi connectivity index (χ3v) is 6.90. The van der Waals surface area contributed by atoms with Crippen LogP contribution in [0.4, 0.5) is 0 Å². The van der Waals surface area contributed by atoms with Crippen molar-refractivity contribution in [3.05, 3.63) is 22.4 Å². The molecule has 1 aromatic rings. The number of unbranched alkanes of at least 4 members (excludes halogenated alkanes) is 14. The van der Waals surface area contributed by atoms with Gasteiger partial charge in [0, 0.05) is 5.56 Å². The number of hydrogen-bond acceptors (Lipinski definition) is 5. The topological polar surface area (TPSA) is 44.8 Å². The number of thiophene rings is 1. The van der Waals surface area contributed by atoms with Crippen LogP contribution in [0.15, 0.2) is 16.8 Å². The van der Waals surface area contributed by atoms with Crippen LogP contribution in [0.25, 0.3) is 0 Å². The van der Waals surface area contributed by atoms with Gasteiger partial charge in [0.2, 0.25) is 0 Å². The molecular formula is C29H52O4S. The van der Waals surface area contributed by atoms with E-state index in [9.17, 15) is 4.79 Å². The third-order valence-electron chi connectivity index (χ3n) is 6.21. The Hall–Kier alpha value is -0.910. The van der Waals surface area contributed by atoms with E-state index >= 15 is 0 Å². The fraction of sp³-hybridized carbons (Fsp3) is 0.828. The molecule has 0 aliphatic rings. The van der Waals surface area contributed by atoms with Crippen molar-refractivity contribution < 1.29 is 19.0 Å². The van der Waals surface area contributed by atoms with Gasteiger partial charge >= 0.3 is 5.97 Å². The van der Waals surface area contributed by atoms with Crippen LogP contribution in [0.2, 0.25) is 0 Å². The molecule has 0 spiro atoms. The van der Waals surface area contributed by atoms with Gasteiger partial charge in [0.15, 0.2) is 0 Å². The molecule has 0 aliphatic carbocycles. The highest BCUT2D eigenvalue weighted by Crippen LogP contribution is 2.32. The molecule has 0 radical (unpaired) electrons. The monoisotopic (exact) mass is 496 g/mol. The lowest BCUT2D eigenvalue weighted by atomic mass is 10.1. The van der Waals surface area contributed by atoms with Crippen molar-refractivity contribution >= 4 is 17.3 Å². The zero-order valence-electron chi connectivity index (χ0n) is 22.4. The van der Waals surface area contributed by atoms with E-state index in [4.69, 9.17) is 14.2 Å². The van der Waals surface area contributed by atoms with Crippen molar-refractivity contribution in [2.24, 2.45) is 0 Å². The van der Waals surface area contributed by atoms with Gasteiger partial charge in [-0.25, -0.2) is 4.79 Å². The number of carbonyl (C=O) groups is 1. The smallest absolute Gasteiger partial charge is 0.372 e. The number of rotatable bonds is 24. The molecular weight excluding hydrogens is 444 g/mol. The average molecular weight is 497 g/mol. The van der Waals surface area contributed by atoms with Gasteiger partial charge in [-0.3, -0.25) is 0 Å². The minimum atomic E-state index is -1.43. The Morgan fingerprint density at radius 3 is 1.56 bits per heavy atom. The van der Waals surface area contributed by atoms with E-state index in [0.717, 1.165) is 37.7 Å². The quantitative estimate of drug-likeness (QED) is 0.0813. The highest BCUT2D eigenvalue weighted by molar-refractivity contribution is 7.08. The highest BCUT2D eigenvalue weighted by Gasteiger charge is 2.45. The second-order valence-corrected chi connectivity index (χ2v) is 10.2. The number of hydrogen-bond donors (Lipinski definition) is 0. The van der Waals surface area contributed by atoms with Crippen molar-refractivity contribution in [1.82, 2.24) is 0 Å². The largest absolute Gasteiger partial charge is 0.461 e. The molecule has 1 heterocycles. The minimum absolute atomic E-state index is 0.382. The molecule has 34 heavy (non-hydrogen) atoms. The van der Waals surface area contributed by atoms with E-state index in [1.807, 2.05) is 23.8 Å². The summed E-state index contributed by atoms with van der Waals surface area (Å²) in [4.78, 5) is 13.2. The molecule has 1 rings (SSSR count). The summed E-state index contributed by atoms with van der Waals surface area (Å²) in [5, 5.41) is 3.92. The maximum absolute atomic E-state index is 13.2. The summed E-state index contributed by atoms with van der Waals surface area (Å²) in [6.45, 7) is 7.89. The molecule has 0 saturated carbocycles. The molecule has 0 aromatic carbocycles. The SMILES string of the molecule is CCCCCCCCCCOC(OCCCCCCCCCC)(C(=O)OCCC)c1ccsc1. The first-order valence-electron chi connectivity index (χ1n) is 14.2. The molecule has 1 aromatic heterocycles. The Morgan fingerprint density at radius 2 is 1.15 bits per heavy atom. The van der Waals surface area contributed by atoms with Crippen molar-refractivity contribution in [1.29, 1.82) is 0 Å². The standard InChI is InChI=1S/C29H52O4S/c1-4-7-9-11-13-15-17-19-23-32-29(27-21-25-34-26-27,28(30)31-22-6-3)33-24-20-18-16-14-12-10-8-5-2/h21,25-26H,4-20,22-24H2,1-3H3. The molecule has 0 N–H and O–H groups in total. The summed E-state index contributed by atoms with van der Waals surface area (Å²) in [6.07, 6.45) is 20.4. The van der Waals surface area contributed by atoms with Gasteiger partial charge in [0.25, 0.3) is 5.79 Å². The van der Waals surface area contributed by atoms with Gasteiger partial charge in [-0.2, -0.15) is 11.3 Å². The first-order chi connectivity index (χ1) is 16.7. The molecule has 0 bridgehead atoms. The lowest BCUT2D eigenvalue weighted by Gasteiger charge is -2.31. The summed E-state index contributed by atoms with van der Waals surface area (Å²) in [5.41, 5.74) is 0.762. The van der Waals surface area contributed by atoms with E-state index in [0.29, 0.717) is 19.8 Å². The van der Waals surface area contributed by atoms with E-state index in [-0.39, 0.29) is 0 Å². The predicted molar refractivity (Wildman–Crippen MR) is 144 cm³/mol. The second kappa shape index (κ2) is 21.4. The number of esters is 1. The van der Waals surface area contributed by atoms with Gasteiger partial charge in [0.1, 0.15) is 0 Å². The van der Waals surface area contributed by atoms with E-state index in [1.165, 1.54) is 77.0 Å². The zero-order chi connectivity index (χ0) is 24.7. The molecule has 0 atom stereocenters. The van der Waals surface area contributed by atoms with Gasteiger partial charge in [0.05, 0.1) is 19.8 Å². The lowest BCUT2D eigenvalue weighted by Crippen LogP contribution is -2.43. The Balaban J connectivity index is 2.56. The van der Waals surface area contributed by atoms with Crippen LogP contribution in [0.5, 0.6) is 0 Å². The molecule has 0 amide bonds. The zero-order valence-corrected chi connectivity index (χ0v) is 23.2. The fourth-order valence-corrected chi connectivity index (χ4v) is 4.77. The summed E-state index contributed by atoms with van der Waals surface area (Å²) in [7, 11) is 0. The number of carbonyl (C=O) groups excluding carboxylic acids is 1. The van der Waals surface area contributed by atoms with E-state index in [2.05, 4.69) is 13.8 Å². The Labute approximate surface area is 214 Å². The van der Waals surface area contributed by atoms with Crippen LogP contribution < -0.4 is 0 Å². The Bertz CT molecular complexity index is 551. The lowest BCUT2D eigenvalue weighted by molar-refractivity contribution is -0.256. The van der Waals surface area contributed by atoms with Gasteiger partial charge in [-0.1, -0.05) is 111 Å². The molecule has 5 heteroatoms. The van der Waals surface area contributed by atoms with Crippen molar-refractivity contribution in [2.75, 3.05) is 19.8 Å². The molecule has 4 nitrogen and oxygen atoms in total. The molecule has 0 unspecified atom stereocenters. The predicted octanol–water partition coefficient (Wildman–Crippen LogP) is 9.17. The molecule has 0 saturated heterocycles.